The Morgan fingerprint density at radius 3 is 2.56 bits per heavy atom. The summed E-state index contributed by atoms with van der Waals surface area (Å²) >= 11 is 1.23. The zero-order chi connectivity index (χ0) is 24.8. The van der Waals surface area contributed by atoms with Gasteiger partial charge in [0.15, 0.2) is 5.01 Å². The van der Waals surface area contributed by atoms with E-state index in [0.717, 1.165) is 29.8 Å². The molecule has 9 heteroatoms. The minimum Gasteiger partial charge on any atom is -0.390 e. The van der Waals surface area contributed by atoms with Gasteiger partial charge in [-0.05, 0) is 78.9 Å². The minimum atomic E-state index is -0.732. The number of aliphatic hydroxyl groups is 1. The molecule has 1 aliphatic carbocycles. The van der Waals surface area contributed by atoms with Crippen LogP contribution in [0.1, 0.15) is 86.2 Å². The molecule has 1 saturated carbocycles. The lowest BCUT2D eigenvalue weighted by atomic mass is 9.77. The van der Waals surface area contributed by atoms with Gasteiger partial charge in [0.25, 0.3) is 11.8 Å². The van der Waals surface area contributed by atoms with E-state index in [9.17, 15) is 14.7 Å². The predicted octanol–water partition coefficient (Wildman–Crippen LogP) is 3.99. The van der Waals surface area contributed by atoms with Crippen molar-refractivity contribution in [1.29, 1.82) is 0 Å². The number of hydrogen-bond donors (Lipinski definition) is 3. The van der Waals surface area contributed by atoms with Gasteiger partial charge in [-0.15, -0.1) is 11.3 Å². The summed E-state index contributed by atoms with van der Waals surface area (Å²) in [6, 6.07) is 2.02. The van der Waals surface area contributed by atoms with E-state index in [4.69, 9.17) is 0 Å². The molecule has 1 atom stereocenters. The molecular weight excluding hydrogens is 450 g/mol. The van der Waals surface area contributed by atoms with Gasteiger partial charge in [0.1, 0.15) is 11.5 Å². The molecule has 0 aromatic carbocycles. The van der Waals surface area contributed by atoms with Crippen LogP contribution in [0.25, 0.3) is 10.4 Å². The van der Waals surface area contributed by atoms with E-state index >= 15 is 0 Å². The third kappa shape index (κ3) is 5.25. The Morgan fingerprint density at radius 1 is 1.29 bits per heavy atom. The first kappa shape index (κ1) is 24.6. The number of carbonyl (C=O) groups excluding carboxylic acids is 2. The predicted molar refractivity (Wildman–Crippen MR) is 134 cm³/mol. The maximum absolute atomic E-state index is 13.5. The van der Waals surface area contributed by atoms with Gasteiger partial charge in [-0.3, -0.25) is 9.59 Å². The first-order valence-electron chi connectivity index (χ1n) is 11.9. The van der Waals surface area contributed by atoms with Crippen molar-refractivity contribution >= 4 is 29.0 Å². The Labute approximate surface area is 205 Å². The fraction of sp³-hybridized carbons (Fsp3) is 0.600. The summed E-state index contributed by atoms with van der Waals surface area (Å²) in [7, 11) is 0. The van der Waals surface area contributed by atoms with E-state index in [2.05, 4.69) is 41.4 Å². The number of aromatic nitrogens is 2. The molecule has 8 nitrogen and oxygen atoms in total. The SMILES string of the molecule is Cc1cc(NC(C)(C)C)ncc1-c1sc(C(=O)NC2CC(C)(O)C2)nc1C(=O)N1CCC[C@@H]1C. The van der Waals surface area contributed by atoms with Gasteiger partial charge >= 0.3 is 0 Å². The maximum Gasteiger partial charge on any atom is 0.280 e. The lowest BCUT2D eigenvalue weighted by molar-refractivity contribution is -0.0367. The van der Waals surface area contributed by atoms with Crippen molar-refractivity contribution in [2.24, 2.45) is 0 Å². The van der Waals surface area contributed by atoms with E-state index in [-0.39, 0.29) is 34.4 Å². The number of aryl methyl sites for hydroxylation is 1. The third-order valence-electron chi connectivity index (χ3n) is 6.40. The second-order valence-electron chi connectivity index (χ2n) is 11.0. The van der Waals surface area contributed by atoms with Crippen molar-refractivity contribution < 1.29 is 14.7 Å². The highest BCUT2D eigenvalue weighted by Gasteiger charge is 2.40. The number of likely N-dealkylation sites (tertiary alicyclic amines) is 1. The normalized spacial score (nSPS) is 24.6. The summed E-state index contributed by atoms with van der Waals surface area (Å²) < 4.78 is 0. The highest BCUT2D eigenvalue weighted by Crippen LogP contribution is 2.36. The average molecular weight is 486 g/mol. The molecule has 3 heterocycles. The number of hydrogen-bond acceptors (Lipinski definition) is 7. The number of amides is 2. The van der Waals surface area contributed by atoms with E-state index in [1.54, 1.807) is 13.1 Å². The molecule has 2 aromatic rings. The van der Waals surface area contributed by atoms with Crippen molar-refractivity contribution in [2.45, 2.75) is 90.4 Å². The highest BCUT2D eigenvalue weighted by molar-refractivity contribution is 7.17. The van der Waals surface area contributed by atoms with Crippen LogP contribution in [0.3, 0.4) is 0 Å². The number of thiazole rings is 1. The zero-order valence-electron chi connectivity index (χ0n) is 20.9. The Hall–Kier alpha value is -2.52. The summed E-state index contributed by atoms with van der Waals surface area (Å²) in [6.07, 6.45) is 4.72. The van der Waals surface area contributed by atoms with Gasteiger partial charge in [0.05, 0.1) is 10.5 Å². The highest BCUT2D eigenvalue weighted by atomic mass is 32.1. The molecule has 0 unspecified atom stereocenters. The van der Waals surface area contributed by atoms with Crippen LogP contribution < -0.4 is 10.6 Å². The number of pyridine rings is 1. The number of anilines is 1. The van der Waals surface area contributed by atoms with Gasteiger partial charge in [-0.25, -0.2) is 9.97 Å². The minimum absolute atomic E-state index is 0.0845. The molecule has 184 valence electrons. The molecule has 0 spiro atoms. The lowest BCUT2D eigenvalue weighted by Gasteiger charge is -2.40. The van der Waals surface area contributed by atoms with Crippen molar-refractivity contribution in [3.8, 4) is 10.4 Å². The summed E-state index contributed by atoms with van der Waals surface area (Å²) in [5.41, 5.74) is 1.21. The molecule has 3 N–H and O–H groups in total. The molecule has 0 radical (unpaired) electrons. The molecule has 0 bridgehead atoms. The van der Waals surface area contributed by atoms with Crippen LogP contribution in [0, 0.1) is 6.92 Å². The van der Waals surface area contributed by atoms with Gasteiger partial charge < -0.3 is 20.6 Å². The van der Waals surface area contributed by atoms with Gasteiger partial charge in [-0.1, -0.05) is 0 Å². The second-order valence-corrected chi connectivity index (χ2v) is 12.0. The molecule has 1 aliphatic heterocycles. The quantitative estimate of drug-likeness (QED) is 0.591. The summed E-state index contributed by atoms with van der Waals surface area (Å²) in [5, 5.41) is 16.6. The van der Waals surface area contributed by atoms with Crippen molar-refractivity contribution in [2.75, 3.05) is 11.9 Å². The Morgan fingerprint density at radius 2 is 2.00 bits per heavy atom. The number of carbonyl (C=O) groups is 2. The Bertz CT molecular complexity index is 1100. The molecule has 1 saturated heterocycles. The number of nitrogens with one attached hydrogen (secondary N) is 2. The summed E-state index contributed by atoms with van der Waals surface area (Å²) in [5.74, 6) is 0.310. The molecule has 2 fully saturated rings. The van der Waals surface area contributed by atoms with Crippen LogP contribution >= 0.6 is 11.3 Å². The molecule has 4 rings (SSSR count). The van der Waals surface area contributed by atoms with Gasteiger partial charge in [0, 0.05) is 35.9 Å². The Kier molecular flexibility index (Phi) is 6.46. The standard InChI is InChI=1S/C25H35N5O3S/c1-14-10-18(29-24(3,4)5)26-13-17(14)20-19(23(32)30-9-7-8-15(30)2)28-22(34-20)21(31)27-16-11-25(6,33)12-16/h10,13,15-16,33H,7-9,11-12H2,1-6H3,(H,26,29)(H,27,31)/t15-,16?,25?/m0/s1. The van der Waals surface area contributed by atoms with E-state index in [1.807, 2.05) is 24.8 Å². The fourth-order valence-corrected chi connectivity index (χ4v) is 5.75. The van der Waals surface area contributed by atoms with E-state index in [0.29, 0.717) is 30.0 Å². The molecule has 34 heavy (non-hydrogen) atoms. The van der Waals surface area contributed by atoms with E-state index in [1.165, 1.54) is 11.3 Å². The van der Waals surface area contributed by atoms with Crippen LogP contribution in [-0.4, -0.2) is 61.6 Å². The molecular formula is C25H35N5O3S. The maximum atomic E-state index is 13.5. The van der Waals surface area contributed by atoms with Crippen LogP contribution in [0.15, 0.2) is 12.3 Å². The topological polar surface area (TPSA) is 107 Å². The monoisotopic (exact) mass is 485 g/mol. The number of nitrogens with zero attached hydrogens (tertiary/aromatic N) is 3. The fourth-order valence-electron chi connectivity index (χ4n) is 4.71. The largest absolute Gasteiger partial charge is 0.390 e. The average Bonchev–Trinajstić information content (AvgIpc) is 3.31. The first-order chi connectivity index (χ1) is 15.8. The number of rotatable bonds is 5. The first-order valence-corrected chi connectivity index (χ1v) is 12.7. The van der Waals surface area contributed by atoms with Crippen LogP contribution in [0.4, 0.5) is 5.82 Å². The van der Waals surface area contributed by atoms with E-state index < -0.39 is 5.60 Å². The van der Waals surface area contributed by atoms with Gasteiger partial charge in [-0.2, -0.15) is 0 Å². The van der Waals surface area contributed by atoms with Crippen molar-refractivity contribution in [1.82, 2.24) is 20.2 Å². The van der Waals surface area contributed by atoms with Crippen molar-refractivity contribution in [3.63, 3.8) is 0 Å². The third-order valence-corrected chi connectivity index (χ3v) is 7.49. The summed E-state index contributed by atoms with van der Waals surface area (Å²) in [6.45, 7) is 12.7. The molecule has 2 amide bonds. The molecule has 2 aliphatic rings. The zero-order valence-corrected chi connectivity index (χ0v) is 21.7. The summed E-state index contributed by atoms with van der Waals surface area (Å²) in [4.78, 5) is 38.1. The van der Waals surface area contributed by atoms with Crippen molar-refractivity contribution in [3.05, 3.63) is 28.5 Å². The van der Waals surface area contributed by atoms with Crippen LogP contribution in [0.2, 0.25) is 0 Å². The smallest absolute Gasteiger partial charge is 0.280 e. The molecule has 2 aromatic heterocycles. The van der Waals surface area contributed by atoms with Crippen LogP contribution in [-0.2, 0) is 0 Å². The Balaban J connectivity index is 1.67. The second kappa shape index (κ2) is 8.92. The van der Waals surface area contributed by atoms with Crippen LogP contribution in [0.5, 0.6) is 0 Å². The lowest BCUT2D eigenvalue weighted by Crippen LogP contribution is -2.53. The van der Waals surface area contributed by atoms with Gasteiger partial charge in [0.2, 0.25) is 0 Å².